The number of unbranched alkanes of at least 4 members (excludes halogenated alkanes) is 1. The van der Waals surface area contributed by atoms with Crippen molar-refractivity contribution in [3.05, 3.63) is 34.1 Å². The summed E-state index contributed by atoms with van der Waals surface area (Å²) >= 11 is 0. The molecule has 0 bridgehead atoms. The van der Waals surface area contributed by atoms with Gasteiger partial charge >= 0.3 is 5.69 Å². The number of nitrogens with one attached hydrogen (secondary N) is 1. The fourth-order valence-electron chi connectivity index (χ4n) is 1.74. The van der Waals surface area contributed by atoms with Gasteiger partial charge in [0.15, 0.2) is 0 Å². The third-order valence-electron chi connectivity index (χ3n) is 2.69. The quantitative estimate of drug-likeness (QED) is 0.455. The van der Waals surface area contributed by atoms with E-state index in [-0.39, 0.29) is 5.69 Å². The third kappa shape index (κ3) is 4.31. The first-order valence-electron chi connectivity index (χ1n) is 6.19. The minimum absolute atomic E-state index is 0.254. The average molecular weight is 254 g/mol. The predicted octanol–water partition coefficient (Wildman–Crippen LogP) is 3.97. The number of nitro benzene ring substituents is 1. The number of hydrogen-bond donors (Lipinski definition) is 1. The topological polar surface area (TPSA) is 55.2 Å². The average Bonchev–Trinajstić information content (AvgIpc) is 2.27. The summed E-state index contributed by atoms with van der Waals surface area (Å²) in [5.41, 5.74) is -0.217. The van der Waals surface area contributed by atoms with Crippen LogP contribution in [0.15, 0.2) is 18.2 Å². The van der Waals surface area contributed by atoms with Crippen LogP contribution >= 0.6 is 0 Å². The summed E-state index contributed by atoms with van der Waals surface area (Å²) in [5, 5.41) is 13.7. The van der Waals surface area contributed by atoms with E-state index in [1.807, 2.05) is 0 Å². The molecule has 0 fully saturated rings. The third-order valence-corrected chi connectivity index (χ3v) is 2.69. The van der Waals surface area contributed by atoms with Crippen LogP contribution in [0.1, 0.15) is 33.1 Å². The number of anilines is 1. The molecule has 0 amide bonds. The highest BCUT2D eigenvalue weighted by Crippen LogP contribution is 2.27. The van der Waals surface area contributed by atoms with E-state index in [0.717, 1.165) is 25.3 Å². The lowest BCUT2D eigenvalue weighted by Gasteiger charge is -2.08. The molecule has 0 aliphatic heterocycles. The molecule has 4 nitrogen and oxygen atoms in total. The zero-order chi connectivity index (χ0) is 13.5. The molecule has 100 valence electrons. The highest BCUT2D eigenvalue weighted by molar-refractivity contribution is 5.61. The number of hydrogen-bond acceptors (Lipinski definition) is 3. The predicted molar refractivity (Wildman–Crippen MR) is 70.2 cm³/mol. The summed E-state index contributed by atoms with van der Waals surface area (Å²) in [6.07, 6.45) is 3.12. The van der Waals surface area contributed by atoms with Crippen molar-refractivity contribution in [2.75, 3.05) is 11.9 Å². The van der Waals surface area contributed by atoms with Gasteiger partial charge in [-0.2, -0.15) is 4.39 Å². The van der Waals surface area contributed by atoms with Crippen LogP contribution in [0, 0.1) is 21.8 Å². The lowest BCUT2D eigenvalue weighted by Crippen LogP contribution is -2.06. The van der Waals surface area contributed by atoms with E-state index < -0.39 is 16.4 Å². The Morgan fingerprint density at radius 1 is 1.39 bits per heavy atom. The molecule has 0 atom stereocenters. The molecule has 0 spiro atoms. The summed E-state index contributed by atoms with van der Waals surface area (Å²) in [6.45, 7) is 4.94. The van der Waals surface area contributed by atoms with Crippen LogP contribution in [-0.2, 0) is 0 Å². The summed E-state index contributed by atoms with van der Waals surface area (Å²) in [6, 6.07) is 4.10. The Hall–Kier alpha value is -1.65. The van der Waals surface area contributed by atoms with Crippen molar-refractivity contribution in [1.82, 2.24) is 0 Å². The molecule has 0 heterocycles. The van der Waals surface area contributed by atoms with Crippen LogP contribution in [-0.4, -0.2) is 11.5 Å². The first-order valence-corrected chi connectivity index (χ1v) is 6.19. The van der Waals surface area contributed by atoms with E-state index in [1.165, 1.54) is 12.1 Å². The number of para-hydroxylation sites is 1. The van der Waals surface area contributed by atoms with Gasteiger partial charge in [-0.05, 0) is 24.5 Å². The largest absolute Gasteiger partial charge is 0.379 e. The molecule has 0 aliphatic rings. The van der Waals surface area contributed by atoms with Crippen molar-refractivity contribution in [3.63, 3.8) is 0 Å². The maximum absolute atomic E-state index is 13.3. The smallest absolute Gasteiger partial charge is 0.327 e. The maximum atomic E-state index is 13.3. The van der Waals surface area contributed by atoms with Crippen LogP contribution in [0.4, 0.5) is 15.8 Å². The summed E-state index contributed by atoms with van der Waals surface area (Å²) < 4.78 is 13.3. The molecule has 1 N–H and O–H groups in total. The minimum atomic E-state index is -0.799. The molecule has 1 rings (SSSR count). The number of benzene rings is 1. The Balaban J connectivity index is 2.52. The zero-order valence-electron chi connectivity index (χ0n) is 10.8. The first-order chi connectivity index (χ1) is 8.52. The van der Waals surface area contributed by atoms with E-state index in [4.69, 9.17) is 0 Å². The molecular formula is C13H19FN2O2. The Morgan fingerprint density at radius 3 is 2.72 bits per heavy atom. The molecule has 0 aromatic heterocycles. The highest BCUT2D eigenvalue weighted by atomic mass is 19.1. The van der Waals surface area contributed by atoms with E-state index in [2.05, 4.69) is 19.2 Å². The molecule has 1 aromatic rings. The van der Waals surface area contributed by atoms with Crippen LogP contribution in [0.5, 0.6) is 0 Å². The van der Waals surface area contributed by atoms with Gasteiger partial charge in [0.05, 0.1) is 4.92 Å². The second kappa shape index (κ2) is 6.93. The van der Waals surface area contributed by atoms with Crippen molar-refractivity contribution in [2.45, 2.75) is 33.1 Å². The van der Waals surface area contributed by atoms with Gasteiger partial charge in [0, 0.05) is 6.54 Å². The molecule has 0 radical (unpaired) electrons. The lowest BCUT2D eigenvalue weighted by molar-refractivity contribution is -0.386. The normalized spacial score (nSPS) is 10.7. The maximum Gasteiger partial charge on any atom is 0.327 e. The van der Waals surface area contributed by atoms with E-state index >= 15 is 0 Å². The monoisotopic (exact) mass is 254 g/mol. The highest BCUT2D eigenvalue weighted by Gasteiger charge is 2.18. The van der Waals surface area contributed by atoms with Crippen LogP contribution in [0.25, 0.3) is 0 Å². The number of halogens is 1. The van der Waals surface area contributed by atoms with Gasteiger partial charge in [-0.15, -0.1) is 0 Å². The molecular weight excluding hydrogens is 235 g/mol. The van der Waals surface area contributed by atoms with Gasteiger partial charge in [-0.25, -0.2) is 0 Å². The molecule has 0 unspecified atom stereocenters. The van der Waals surface area contributed by atoms with Crippen molar-refractivity contribution in [2.24, 2.45) is 5.92 Å². The first kappa shape index (κ1) is 14.4. The second-order valence-electron chi connectivity index (χ2n) is 4.71. The molecule has 0 saturated carbocycles. The van der Waals surface area contributed by atoms with Crippen molar-refractivity contribution in [3.8, 4) is 0 Å². The van der Waals surface area contributed by atoms with Gasteiger partial charge in [-0.3, -0.25) is 10.1 Å². The standard InChI is InChI=1S/C13H19FN2O2/c1-10(2)6-3-4-9-15-12-8-5-7-11(14)13(12)16(17)18/h5,7-8,10,15H,3-4,6,9H2,1-2H3. The van der Waals surface area contributed by atoms with Crippen LogP contribution < -0.4 is 5.32 Å². The molecule has 0 aliphatic carbocycles. The van der Waals surface area contributed by atoms with Gasteiger partial charge in [0.1, 0.15) is 5.69 Å². The van der Waals surface area contributed by atoms with E-state index in [9.17, 15) is 14.5 Å². The summed E-state index contributed by atoms with van der Waals surface area (Å²) in [5.74, 6) is -0.138. The second-order valence-corrected chi connectivity index (χ2v) is 4.71. The summed E-state index contributed by atoms with van der Waals surface area (Å²) in [7, 11) is 0. The Morgan fingerprint density at radius 2 is 2.11 bits per heavy atom. The van der Waals surface area contributed by atoms with Crippen molar-refractivity contribution in [1.29, 1.82) is 0 Å². The van der Waals surface area contributed by atoms with Crippen molar-refractivity contribution >= 4 is 11.4 Å². The summed E-state index contributed by atoms with van der Waals surface area (Å²) in [4.78, 5) is 10.1. The fourth-order valence-corrected chi connectivity index (χ4v) is 1.74. The number of rotatable bonds is 7. The van der Waals surface area contributed by atoms with Crippen LogP contribution in [0.3, 0.4) is 0 Å². The minimum Gasteiger partial charge on any atom is -0.379 e. The molecule has 18 heavy (non-hydrogen) atoms. The molecule has 1 aromatic carbocycles. The Bertz CT molecular complexity index is 408. The molecule has 0 saturated heterocycles. The Labute approximate surface area is 106 Å². The van der Waals surface area contributed by atoms with Gasteiger partial charge in [0.2, 0.25) is 5.82 Å². The van der Waals surface area contributed by atoms with Crippen LogP contribution in [0.2, 0.25) is 0 Å². The Kier molecular flexibility index (Phi) is 5.55. The van der Waals surface area contributed by atoms with Gasteiger partial charge in [-0.1, -0.05) is 32.8 Å². The van der Waals surface area contributed by atoms with Crippen molar-refractivity contribution < 1.29 is 9.31 Å². The zero-order valence-corrected chi connectivity index (χ0v) is 10.8. The molecule has 5 heteroatoms. The van der Waals surface area contributed by atoms with E-state index in [1.54, 1.807) is 0 Å². The number of nitrogens with zero attached hydrogens (tertiary/aromatic N) is 1. The SMILES string of the molecule is CC(C)CCCCNc1cccc(F)c1[N+](=O)[O-]. The fraction of sp³-hybridized carbons (Fsp3) is 0.538. The number of nitro groups is 1. The van der Waals surface area contributed by atoms with E-state index in [0.29, 0.717) is 12.5 Å². The van der Waals surface area contributed by atoms with Gasteiger partial charge < -0.3 is 5.32 Å². The van der Waals surface area contributed by atoms with Gasteiger partial charge in [0.25, 0.3) is 0 Å². The lowest BCUT2D eigenvalue weighted by atomic mass is 10.1.